The van der Waals surface area contributed by atoms with E-state index in [4.69, 9.17) is 9.47 Å². The van der Waals surface area contributed by atoms with E-state index in [2.05, 4.69) is 5.32 Å². The maximum Gasteiger partial charge on any atom is 0.408 e. The maximum absolute atomic E-state index is 11.7. The Morgan fingerprint density at radius 1 is 1.35 bits per heavy atom. The lowest BCUT2D eigenvalue weighted by molar-refractivity contribution is -0.155. The van der Waals surface area contributed by atoms with E-state index in [0.29, 0.717) is 0 Å². The van der Waals surface area contributed by atoms with Crippen LogP contribution in [0.2, 0.25) is 0 Å². The van der Waals surface area contributed by atoms with E-state index in [1.807, 2.05) is 5.32 Å². The van der Waals surface area contributed by atoms with Gasteiger partial charge < -0.3 is 14.8 Å². The predicted octanol–water partition coefficient (Wildman–Crippen LogP) is -0.142. The highest BCUT2D eigenvalue weighted by molar-refractivity contribution is 6.05. The van der Waals surface area contributed by atoms with Crippen molar-refractivity contribution in [2.45, 2.75) is 51.9 Å². The standard InChI is InChI=1S/C12H18N2O6/c1-6(13-11(18)20-12(2,3)4)10(17)19-7-5-8(15)14-9(7)16/h6-7H,5H2,1-4H3,(H,13,18)(H,14,15,16)/t6-,7?/m1/s1. The fourth-order valence-corrected chi connectivity index (χ4v) is 1.41. The first-order valence-electron chi connectivity index (χ1n) is 6.12. The molecule has 0 spiro atoms. The summed E-state index contributed by atoms with van der Waals surface area (Å²) in [6, 6.07) is -0.992. The molecular formula is C12H18N2O6. The molecule has 0 aliphatic carbocycles. The molecule has 8 nitrogen and oxygen atoms in total. The second-order valence-electron chi connectivity index (χ2n) is 5.41. The van der Waals surface area contributed by atoms with Crippen molar-refractivity contribution < 1.29 is 28.7 Å². The second-order valence-corrected chi connectivity index (χ2v) is 5.41. The highest BCUT2D eigenvalue weighted by atomic mass is 16.6. The molecule has 0 aromatic rings. The summed E-state index contributed by atoms with van der Waals surface area (Å²) in [7, 11) is 0. The fourth-order valence-electron chi connectivity index (χ4n) is 1.41. The minimum atomic E-state index is -1.14. The zero-order valence-corrected chi connectivity index (χ0v) is 11.8. The van der Waals surface area contributed by atoms with Gasteiger partial charge >= 0.3 is 12.1 Å². The van der Waals surface area contributed by atoms with Crippen molar-refractivity contribution in [3.8, 4) is 0 Å². The van der Waals surface area contributed by atoms with Gasteiger partial charge in [-0.2, -0.15) is 0 Å². The highest BCUT2D eigenvalue weighted by Gasteiger charge is 2.35. The number of imide groups is 1. The molecule has 1 aliphatic rings. The molecule has 0 bridgehead atoms. The van der Waals surface area contributed by atoms with Gasteiger partial charge in [0.1, 0.15) is 11.6 Å². The Balaban J connectivity index is 2.45. The number of carbonyl (C=O) groups excluding carboxylic acids is 4. The number of esters is 1. The average molecular weight is 286 g/mol. The van der Waals surface area contributed by atoms with Crippen LogP contribution >= 0.6 is 0 Å². The molecule has 2 atom stereocenters. The minimum absolute atomic E-state index is 0.205. The molecule has 20 heavy (non-hydrogen) atoms. The van der Waals surface area contributed by atoms with E-state index in [1.54, 1.807) is 20.8 Å². The summed E-state index contributed by atoms with van der Waals surface area (Å²) in [5.74, 6) is -1.97. The third kappa shape index (κ3) is 4.87. The second kappa shape index (κ2) is 5.89. The summed E-state index contributed by atoms with van der Waals surface area (Å²) in [5, 5.41) is 4.30. The van der Waals surface area contributed by atoms with E-state index >= 15 is 0 Å². The summed E-state index contributed by atoms with van der Waals surface area (Å²) < 4.78 is 9.82. The lowest BCUT2D eigenvalue weighted by atomic mass is 10.2. The zero-order chi connectivity index (χ0) is 15.5. The molecule has 0 aromatic heterocycles. The number of rotatable bonds is 3. The van der Waals surface area contributed by atoms with Gasteiger partial charge in [-0.25, -0.2) is 9.59 Å². The van der Waals surface area contributed by atoms with Crippen LogP contribution in [0.4, 0.5) is 4.79 Å². The van der Waals surface area contributed by atoms with E-state index < -0.39 is 41.6 Å². The van der Waals surface area contributed by atoms with Crippen molar-refractivity contribution in [1.29, 1.82) is 0 Å². The summed E-state index contributed by atoms with van der Waals surface area (Å²) in [6.07, 6.45) is -2.12. The Hall–Kier alpha value is -2.12. The van der Waals surface area contributed by atoms with Gasteiger partial charge in [0.25, 0.3) is 5.91 Å². The maximum atomic E-state index is 11.7. The Bertz CT molecular complexity index is 440. The van der Waals surface area contributed by atoms with Crippen LogP contribution in [0.3, 0.4) is 0 Å². The number of alkyl carbamates (subject to hydrolysis) is 1. The molecule has 1 aliphatic heterocycles. The fraction of sp³-hybridized carbons (Fsp3) is 0.667. The van der Waals surface area contributed by atoms with Crippen molar-refractivity contribution in [1.82, 2.24) is 10.6 Å². The lowest BCUT2D eigenvalue weighted by Gasteiger charge is -2.21. The topological polar surface area (TPSA) is 111 Å². The number of ether oxygens (including phenoxy) is 2. The number of hydrogen-bond donors (Lipinski definition) is 2. The van der Waals surface area contributed by atoms with E-state index in [9.17, 15) is 19.2 Å². The molecule has 1 unspecified atom stereocenters. The Kier molecular flexibility index (Phi) is 4.69. The molecule has 0 radical (unpaired) electrons. The van der Waals surface area contributed by atoms with Crippen molar-refractivity contribution in [2.75, 3.05) is 0 Å². The first-order valence-corrected chi connectivity index (χ1v) is 6.12. The van der Waals surface area contributed by atoms with Crippen LogP contribution in [0, 0.1) is 0 Å². The number of carbonyl (C=O) groups is 4. The summed E-state index contributed by atoms with van der Waals surface area (Å²) >= 11 is 0. The SMILES string of the molecule is C[C@@H](NC(=O)OC(C)(C)C)C(=O)OC1CC(=O)NC1=O. The van der Waals surface area contributed by atoms with Crippen LogP contribution in [0.5, 0.6) is 0 Å². The third-order valence-corrected chi connectivity index (χ3v) is 2.27. The first kappa shape index (κ1) is 15.9. The lowest BCUT2D eigenvalue weighted by Crippen LogP contribution is -2.44. The van der Waals surface area contributed by atoms with Crippen LogP contribution in [0.25, 0.3) is 0 Å². The third-order valence-electron chi connectivity index (χ3n) is 2.27. The van der Waals surface area contributed by atoms with Gasteiger partial charge in [0, 0.05) is 0 Å². The first-order chi connectivity index (χ1) is 9.08. The summed E-state index contributed by atoms with van der Waals surface area (Å²) in [5.41, 5.74) is -0.689. The van der Waals surface area contributed by atoms with Crippen LogP contribution in [0.15, 0.2) is 0 Å². The van der Waals surface area contributed by atoms with Crippen LogP contribution in [-0.2, 0) is 23.9 Å². The van der Waals surface area contributed by atoms with Crippen LogP contribution in [-0.4, -0.2) is 41.6 Å². The van der Waals surface area contributed by atoms with Gasteiger partial charge in [0.15, 0.2) is 6.10 Å². The Morgan fingerprint density at radius 2 is 1.95 bits per heavy atom. The number of nitrogens with one attached hydrogen (secondary N) is 2. The Labute approximate surface area is 116 Å². The van der Waals surface area contributed by atoms with Gasteiger partial charge in [-0.3, -0.25) is 14.9 Å². The quantitative estimate of drug-likeness (QED) is 0.551. The summed E-state index contributed by atoms with van der Waals surface area (Å²) in [4.78, 5) is 45.3. The van der Waals surface area contributed by atoms with Gasteiger partial charge in [-0.05, 0) is 27.7 Å². The van der Waals surface area contributed by atoms with E-state index in [0.717, 1.165) is 0 Å². The molecule has 1 rings (SSSR count). The molecule has 0 saturated carbocycles. The zero-order valence-electron chi connectivity index (χ0n) is 11.8. The van der Waals surface area contributed by atoms with Crippen molar-refractivity contribution >= 4 is 23.9 Å². The molecule has 1 heterocycles. The van der Waals surface area contributed by atoms with Crippen LogP contribution in [0.1, 0.15) is 34.1 Å². The van der Waals surface area contributed by atoms with Crippen LogP contribution < -0.4 is 10.6 Å². The average Bonchev–Trinajstić information content (AvgIpc) is 2.54. The van der Waals surface area contributed by atoms with Gasteiger partial charge in [-0.1, -0.05) is 0 Å². The van der Waals surface area contributed by atoms with Gasteiger partial charge in [0.2, 0.25) is 5.91 Å². The molecule has 3 amide bonds. The molecule has 2 N–H and O–H groups in total. The van der Waals surface area contributed by atoms with Crippen molar-refractivity contribution in [3.63, 3.8) is 0 Å². The largest absolute Gasteiger partial charge is 0.450 e. The smallest absolute Gasteiger partial charge is 0.408 e. The minimum Gasteiger partial charge on any atom is -0.450 e. The monoisotopic (exact) mass is 286 g/mol. The van der Waals surface area contributed by atoms with Gasteiger partial charge in [-0.15, -0.1) is 0 Å². The number of hydrogen-bond acceptors (Lipinski definition) is 6. The van der Waals surface area contributed by atoms with E-state index in [1.165, 1.54) is 6.92 Å². The molecule has 1 fully saturated rings. The highest BCUT2D eigenvalue weighted by Crippen LogP contribution is 2.09. The molecular weight excluding hydrogens is 268 g/mol. The molecule has 0 aromatic carbocycles. The molecule has 112 valence electrons. The molecule has 8 heteroatoms. The molecule has 1 saturated heterocycles. The predicted molar refractivity (Wildman–Crippen MR) is 66.5 cm³/mol. The Morgan fingerprint density at radius 3 is 2.40 bits per heavy atom. The van der Waals surface area contributed by atoms with E-state index in [-0.39, 0.29) is 6.42 Å². The van der Waals surface area contributed by atoms with Crippen molar-refractivity contribution in [2.24, 2.45) is 0 Å². The normalized spacial score (nSPS) is 20.1. The summed E-state index contributed by atoms with van der Waals surface area (Å²) in [6.45, 7) is 6.44. The van der Waals surface area contributed by atoms with Crippen molar-refractivity contribution in [3.05, 3.63) is 0 Å². The number of amides is 3. The van der Waals surface area contributed by atoms with Gasteiger partial charge in [0.05, 0.1) is 6.42 Å².